The van der Waals surface area contributed by atoms with Crippen LogP contribution >= 0.6 is 23.2 Å². The molecule has 0 aliphatic rings. The first-order valence-electron chi connectivity index (χ1n) is 11.1. The third-order valence-electron chi connectivity index (χ3n) is 5.70. The predicted octanol–water partition coefficient (Wildman–Crippen LogP) is 3.71. The summed E-state index contributed by atoms with van der Waals surface area (Å²) in [6.07, 6.45) is 0.334. The van der Waals surface area contributed by atoms with Crippen molar-refractivity contribution in [1.29, 1.82) is 0 Å². The molecule has 0 radical (unpaired) electrons. The molecule has 0 aromatic heterocycles. The number of ether oxygens (including phenoxy) is 1. The first-order chi connectivity index (χ1) is 18.0. The van der Waals surface area contributed by atoms with E-state index in [0.717, 1.165) is 0 Å². The number of carbonyl (C=O) groups is 1. The Morgan fingerprint density at radius 3 is 2.44 bits per heavy atom. The average Bonchev–Trinajstić information content (AvgIpc) is 2.88. The summed E-state index contributed by atoms with van der Waals surface area (Å²) in [7, 11) is -3.13. The third-order valence-corrected chi connectivity index (χ3v) is 7.34. The molecule has 0 heterocycles. The van der Waals surface area contributed by atoms with E-state index in [1.807, 2.05) is 0 Å². The number of para-hydroxylation sites is 1. The number of nitrogens with zero attached hydrogens (tertiary/aromatic N) is 2. The van der Waals surface area contributed by atoms with Crippen LogP contribution in [0, 0.1) is 0 Å². The van der Waals surface area contributed by atoms with Crippen LogP contribution in [0.15, 0.2) is 75.8 Å². The van der Waals surface area contributed by atoms with Crippen LogP contribution in [0.2, 0.25) is 10.0 Å². The van der Waals surface area contributed by atoms with Crippen molar-refractivity contribution in [1.82, 2.24) is 0 Å². The number of azo groups is 1. The van der Waals surface area contributed by atoms with Crippen LogP contribution in [0.25, 0.3) is 10.8 Å². The molecule has 9 nitrogen and oxygen atoms in total. The van der Waals surface area contributed by atoms with Gasteiger partial charge in [-0.2, -0.15) is 18.6 Å². The zero-order valence-corrected chi connectivity index (χ0v) is 25.4. The molecule has 0 spiro atoms. The molecule has 0 saturated carbocycles. The molecule has 0 aliphatic carbocycles. The Morgan fingerprint density at radius 1 is 1.05 bits per heavy atom. The van der Waals surface area contributed by atoms with Crippen LogP contribution in [0.3, 0.4) is 0 Å². The fourth-order valence-corrected chi connectivity index (χ4v) is 5.08. The van der Waals surface area contributed by atoms with Crippen molar-refractivity contribution >= 4 is 67.1 Å². The number of hydrogen-bond donors (Lipinski definition) is 2. The third kappa shape index (κ3) is 6.55. The summed E-state index contributed by atoms with van der Waals surface area (Å²) in [5, 5.41) is 25.4. The smallest absolute Gasteiger partial charge is 0.870 e. The number of nitrogens with one attached hydrogen (secondary N) is 1. The van der Waals surface area contributed by atoms with Crippen molar-refractivity contribution in [3.8, 4) is 11.5 Å². The summed E-state index contributed by atoms with van der Waals surface area (Å²) < 4.78 is 37.9. The van der Waals surface area contributed by atoms with Crippen molar-refractivity contribution in [3.63, 3.8) is 0 Å². The van der Waals surface area contributed by atoms with Gasteiger partial charge in [0, 0.05) is 10.9 Å². The molecular formula is C26H20Cl2N3NaO6S. The number of fused-ring (bicyclic) bond motifs is 1. The van der Waals surface area contributed by atoms with Gasteiger partial charge in [-0.15, -0.1) is 0 Å². The molecular weight excluding hydrogens is 576 g/mol. The number of amides is 1. The second-order valence-electron chi connectivity index (χ2n) is 8.03. The van der Waals surface area contributed by atoms with E-state index >= 15 is 0 Å². The molecule has 2 N–H and O–H groups in total. The molecule has 39 heavy (non-hydrogen) atoms. The van der Waals surface area contributed by atoms with Gasteiger partial charge in [-0.3, -0.25) is 9.35 Å². The zero-order chi connectivity index (χ0) is 27.6. The van der Waals surface area contributed by atoms with E-state index in [9.17, 15) is 22.9 Å². The topological polar surface area (TPSA) is 140 Å². The molecule has 13 heteroatoms. The van der Waals surface area contributed by atoms with Crippen molar-refractivity contribution in [3.05, 3.63) is 81.8 Å². The SMILES string of the molecule is CCc1cc(S(=O)(=O)O)c(Cl)cc1N=Nc1c([O-])c(C(=O)Nc2c(Cl)cccc2OC)cc2ccccc12.[Na+]. The normalized spacial score (nSPS) is 11.4. The van der Waals surface area contributed by atoms with Crippen LogP contribution in [0.5, 0.6) is 11.5 Å². The number of benzene rings is 4. The minimum atomic E-state index is -4.55. The van der Waals surface area contributed by atoms with Crippen molar-refractivity contribution in [2.75, 3.05) is 12.4 Å². The van der Waals surface area contributed by atoms with E-state index in [1.54, 1.807) is 49.4 Å². The molecule has 0 bridgehead atoms. The van der Waals surface area contributed by atoms with Gasteiger partial charge in [-0.1, -0.05) is 66.2 Å². The fraction of sp³-hybridized carbons (Fsp3) is 0.115. The Morgan fingerprint density at radius 2 is 1.77 bits per heavy atom. The Hall–Kier alpha value is -2.70. The summed E-state index contributed by atoms with van der Waals surface area (Å²) in [6.45, 7) is 1.75. The van der Waals surface area contributed by atoms with Crippen LogP contribution < -0.4 is 44.7 Å². The van der Waals surface area contributed by atoms with Crippen LogP contribution in [0.4, 0.5) is 17.1 Å². The van der Waals surface area contributed by atoms with Gasteiger partial charge in [0.15, 0.2) is 0 Å². The molecule has 0 aliphatic heterocycles. The maximum atomic E-state index is 13.5. The van der Waals surface area contributed by atoms with E-state index in [4.69, 9.17) is 27.9 Å². The van der Waals surface area contributed by atoms with Gasteiger partial charge in [0.1, 0.15) is 16.3 Å². The van der Waals surface area contributed by atoms with E-state index in [1.165, 1.54) is 25.3 Å². The average molecular weight is 596 g/mol. The van der Waals surface area contributed by atoms with Crippen molar-refractivity contribution in [2.24, 2.45) is 10.2 Å². The Kier molecular flexibility index (Phi) is 10.0. The van der Waals surface area contributed by atoms with Gasteiger partial charge >= 0.3 is 29.6 Å². The summed E-state index contributed by atoms with van der Waals surface area (Å²) >= 11 is 12.3. The monoisotopic (exact) mass is 595 g/mol. The number of halogens is 2. The first-order valence-corrected chi connectivity index (χ1v) is 13.3. The fourth-order valence-electron chi connectivity index (χ4n) is 3.82. The molecule has 4 aromatic rings. The minimum Gasteiger partial charge on any atom is -0.870 e. The number of carbonyl (C=O) groups excluding carboxylic acids is 1. The summed E-state index contributed by atoms with van der Waals surface area (Å²) in [5.41, 5.74) is 0.524. The molecule has 1 amide bonds. The quantitative estimate of drug-likeness (QED) is 0.189. The molecule has 4 aromatic carbocycles. The molecule has 0 atom stereocenters. The van der Waals surface area contributed by atoms with E-state index in [0.29, 0.717) is 28.5 Å². The van der Waals surface area contributed by atoms with E-state index in [2.05, 4.69) is 15.5 Å². The second kappa shape index (κ2) is 12.6. The Bertz CT molecular complexity index is 1710. The number of rotatable bonds is 7. The predicted molar refractivity (Wildman–Crippen MR) is 144 cm³/mol. The standard InChI is InChI=1S/C26H21Cl2N3O6S.Na/c1-3-14-12-22(38(34,35)36)19(28)13-20(14)30-31-23-16-8-5-4-7-15(16)11-17(25(23)32)26(33)29-24-18(27)9-6-10-21(24)37-2;/h4-13,32H,3H2,1-2H3,(H,29,33)(H,34,35,36);/q;+1/p-1. The number of methoxy groups -OCH3 is 1. The van der Waals surface area contributed by atoms with Gasteiger partial charge in [0.2, 0.25) is 0 Å². The Balaban J connectivity index is 0.00000420. The van der Waals surface area contributed by atoms with Gasteiger partial charge in [-0.25, -0.2) is 0 Å². The molecule has 0 saturated heterocycles. The van der Waals surface area contributed by atoms with Crippen LogP contribution in [-0.2, 0) is 16.5 Å². The number of hydrogen-bond acceptors (Lipinski definition) is 7. The van der Waals surface area contributed by atoms with Crippen molar-refractivity contribution in [2.45, 2.75) is 18.2 Å². The molecule has 196 valence electrons. The Labute approximate surface area is 256 Å². The second-order valence-corrected chi connectivity index (χ2v) is 10.2. The van der Waals surface area contributed by atoms with Crippen molar-refractivity contribution < 1.29 is 57.2 Å². The molecule has 4 rings (SSSR count). The van der Waals surface area contributed by atoms with E-state index < -0.39 is 26.7 Å². The maximum absolute atomic E-state index is 13.5. The molecule has 0 fully saturated rings. The van der Waals surface area contributed by atoms with Gasteiger partial charge in [0.25, 0.3) is 16.0 Å². The number of anilines is 1. The number of aryl methyl sites for hydroxylation is 1. The van der Waals surface area contributed by atoms with Crippen LogP contribution in [0.1, 0.15) is 22.8 Å². The van der Waals surface area contributed by atoms with Gasteiger partial charge in [0.05, 0.1) is 28.5 Å². The van der Waals surface area contributed by atoms with Crippen LogP contribution in [-0.4, -0.2) is 26.0 Å². The largest absolute Gasteiger partial charge is 1.00 e. The molecule has 0 unspecified atom stereocenters. The van der Waals surface area contributed by atoms with E-state index in [-0.39, 0.29) is 62.2 Å². The maximum Gasteiger partial charge on any atom is 1.00 e. The zero-order valence-electron chi connectivity index (χ0n) is 21.0. The van der Waals surface area contributed by atoms with Gasteiger partial charge in [-0.05, 0) is 47.7 Å². The summed E-state index contributed by atoms with van der Waals surface area (Å²) in [6, 6.07) is 15.6. The summed E-state index contributed by atoms with van der Waals surface area (Å²) in [5.74, 6) is -1.09. The first kappa shape index (κ1) is 30.8. The summed E-state index contributed by atoms with van der Waals surface area (Å²) in [4.78, 5) is 12.7. The minimum absolute atomic E-state index is 0. The van der Waals surface area contributed by atoms with Gasteiger partial charge < -0.3 is 15.2 Å².